The molecule has 1 aromatic rings. The van der Waals surface area contributed by atoms with Gasteiger partial charge in [-0.2, -0.15) is 17.0 Å². The molecule has 0 bridgehead atoms. The average Bonchev–Trinajstić information content (AvgIpc) is 2.78. The molecule has 9 nitrogen and oxygen atoms in total. The van der Waals surface area contributed by atoms with E-state index in [-0.39, 0.29) is 30.3 Å². The molecule has 1 amide bonds. The summed E-state index contributed by atoms with van der Waals surface area (Å²) in [6.07, 6.45) is 0.197. The molecule has 1 aromatic carbocycles. The first kappa shape index (κ1) is 25.5. The Morgan fingerprint density at radius 3 is 1.82 bits per heavy atom. The molecule has 0 N–H and O–H groups in total. The van der Waals surface area contributed by atoms with Gasteiger partial charge in [0, 0.05) is 64.5 Å². The maximum Gasteiger partial charge on any atom is 0.282 e. The van der Waals surface area contributed by atoms with E-state index in [9.17, 15) is 13.2 Å². The number of morpholine rings is 2. The Morgan fingerprint density at radius 2 is 1.29 bits per heavy atom. The van der Waals surface area contributed by atoms with E-state index < -0.39 is 10.2 Å². The summed E-state index contributed by atoms with van der Waals surface area (Å²) in [6, 6.07) is 7.79. The summed E-state index contributed by atoms with van der Waals surface area (Å²) >= 11 is 0. The lowest BCUT2D eigenvalue weighted by Gasteiger charge is -2.40. The van der Waals surface area contributed by atoms with E-state index >= 15 is 0 Å². The number of piperazine rings is 1. The Bertz CT molecular complexity index is 929. The molecule has 3 fully saturated rings. The minimum Gasteiger partial charge on any atom is -0.373 e. The summed E-state index contributed by atoms with van der Waals surface area (Å²) < 4.78 is 40.7. The van der Waals surface area contributed by atoms with Crippen LogP contribution in [0.15, 0.2) is 24.3 Å². The van der Waals surface area contributed by atoms with Crippen molar-refractivity contribution in [1.29, 1.82) is 0 Å². The highest BCUT2D eigenvalue weighted by atomic mass is 32.2. The van der Waals surface area contributed by atoms with E-state index in [4.69, 9.17) is 9.47 Å². The molecule has 0 radical (unpaired) electrons. The van der Waals surface area contributed by atoms with Crippen molar-refractivity contribution >= 4 is 16.1 Å². The standard InChI is InChI=1S/C24H38N4O5S/c1-18-13-25(14-19(2)32-18)17-22-5-7-23(8-6-22)24(29)26-9-11-27(12-10-26)34(30,31)28-15-20(3)33-21(4)16-28/h5-8,18-21H,9-17H2,1-4H3. The Labute approximate surface area is 203 Å². The molecule has 3 saturated heterocycles. The second-order valence-electron chi connectivity index (χ2n) is 9.92. The van der Waals surface area contributed by atoms with E-state index in [2.05, 4.69) is 18.7 Å². The van der Waals surface area contributed by atoms with Crippen LogP contribution in [0.2, 0.25) is 0 Å². The first-order valence-corrected chi connectivity index (χ1v) is 13.7. The molecule has 4 atom stereocenters. The van der Waals surface area contributed by atoms with Crippen molar-refractivity contribution in [2.45, 2.75) is 58.7 Å². The van der Waals surface area contributed by atoms with Crippen molar-refractivity contribution in [3.05, 3.63) is 35.4 Å². The molecule has 0 spiro atoms. The third-order valence-corrected chi connectivity index (χ3v) is 8.64. The molecule has 0 saturated carbocycles. The Hall–Kier alpha value is -1.56. The predicted octanol–water partition coefficient (Wildman–Crippen LogP) is 1.41. The number of carbonyl (C=O) groups excluding carboxylic acids is 1. The van der Waals surface area contributed by atoms with E-state index in [1.807, 2.05) is 38.1 Å². The summed E-state index contributed by atoms with van der Waals surface area (Å²) in [5.41, 5.74) is 1.81. The summed E-state index contributed by atoms with van der Waals surface area (Å²) in [7, 11) is -3.56. The number of hydrogen-bond donors (Lipinski definition) is 0. The highest BCUT2D eigenvalue weighted by Gasteiger charge is 2.37. The fraction of sp³-hybridized carbons (Fsp3) is 0.708. The summed E-state index contributed by atoms with van der Waals surface area (Å²) in [4.78, 5) is 17.2. The largest absolute Gasteiger partial charge is 0.373 e. The van der Waals surface area contributed by atoms with Crippen LogP contribution >= 0.6 is 0 Å². The molecule has 3 aliphatic rings. The number of amides is 1. The van der Waals surface area contributed by atoms with Crippen molar-refractivity contribution in [1.82, 2.24) is 18.4 Å². The third-order valence-electron chi connectivity index (χ3n) is 6.67. The van der Waals surface area contributed by atoms with Gasteiger partial charge >= 0.3 is 0 Å². The zero-order valence-corrected chi connectivity index (χ0v) is 21.5. The van der Waals surface area contributed by atoms with Gasteiger partial charge in [0.15, 0.2) is 0 Å². The lowest BCUT2D eigenvalue weighted by atomic mass is 10.1. The van der Waals surface area contributed by atoms with Crippen molar-refractivity contribution < 1.29 is 22.7 Å². The minimum absolute atomic E-state index is 0.0502. The molecule has 0 aliphatic carbocycles. The van der Waals surface area contributed by atoms with Gasteiger partial charge in [0.25, 0.3) is 16.1 Å². The van der Waals surface area contributed by atoms with Crippen LogP contribution in [-0.2, 0) is 26.2 Å². The zero-order chi connectivity index (χ0) is 24.5. The average molecular weight is 495 g/mol. The number of rotatable bonds is 5. The smallest absolute Gasteiger partial charge is 0.282 e. The van der Waals surface area contributed by atoms with E-state index in [1.54, 1.807) is 4.90 Å². The highest BCUT2D eigenvalue weighted by Crippen LogP contribution is 2.20. The lowest BCUT2D eigenvalue weighted by Crippen LogP contribution is -2.57. The van der Waals surface area contributed by atoms with Gasteiger partial charge in [0.1, 0.15) is 0 Å². The fourth-order valence-electron chi connectivity index (χ4n) is 5.21. The maximum atomic E-state index is 13.1. The topological polar surface area (TPSA) is 82.6 Å². The maximum absolute atomic E-state index is 13.1. The van der Waals surface area contributed by atoms with Crippen LogP contribution in [0, 0.1) is 0 Å². The van der Waals surface area contributed by atoms with Crippen LogP contribution in [0.25, 0.3) is 0 Å². The van der Waals surface area contributed by atoms with Crippen molar-refractivity contribution in [3.8, 4) is 0 Å². The minimum atomic E-state index is -3.56. The molecule has 3 aliphatic heterocycles. The molecular weight excluding hydrogens is 456 g/mol. The van der Waals surface area contributed by atoms with E-state index in [0.29, 0.717) is 44.8 Å². The van der Waals surface area contributed by atoms with Gasteiger partial charge in [-0.25, -0.2) is 0 Å². The molecule has 3 heterocycles. The molecule has 10 heteroatoms. The second-order valence-corrected chi connectivity index (χ2v) is 11.9. The first-order chi connectivity index (χ1) is 16.1. The van der Waals surface area contributed by atoms with Gasteiger partial charge in [0.2, 0.25) is 0 Å². The number of carbonyl (C=O) groups is 1. The quantitative estimate of drug-likeness (QED) is 0.616. The van der Waals surface area contributed by atoms with Gasteiger partial charge in [-0.15, -0.1) is 0 Å². The fourth-order valence-corrected chi connectivity index (χ4v) is 6.96. The SMILES string of the molecule is CC1CN(Cc2ccc(C(=O)N3CCN(S(=O)(=O)N4CC(C)OC(C)C4)CC3)cc2)CC(C)O1. The molecule has 190 valence electrons. The molecule has 4 unspecified atom stereocenters. The van der Waals surface area contributed by atoms with Crippen LogP contribution in [0.5, 0.6) is 0 Å². The molecule has 0 aromatic heterocycles. The monoisotopic (exact) mass is 494 g/mol. The van der Waals surface area contributed by atoms with Crippen molar-refractivity contribution in [2.75, 3.05) is 52.4 Å². The van der Waals surface area contributed by atoms with E-state index in [1.165, 1.54) is 14.2 Å². The van der Waals surface area contributed by atoms with Gasteiger partial charge < -0.3 is 14.4 Å². The van der Waals surface area contributed by atoms with Crippen LogP contribution < -0.4 is 0 Å². The zero-order valence-electron chi connectivity index (χ0n) is 20.7. The van der Waals surface area contributed by atoms with Crippen molar-refractivity contribution in [3.63, 3.8) is 0 Å². The van der Waals surface area contributed by atoms with Crippen molar-refractivity contribution in [2.24, 2.45) is 0 Å². The Kier molecular flexibility index (Phi) is 7.95. The summed E-state index contributed by atoms with van der Waals surface area (Å²) in [5, 5.41) is 0. The molecular formula is C24H38N4O5S. The molecule has 4 rings (SSSR count). The Balaban J connectivity index is 1.31. The number of hydrogen-bond acceptors (Lipinski definition) is 6. The lowest BCUT2D eigenvalue weighted by molar-refractivity contribution is -0.0704. The van der Waals surface area contributed by atoms with E-state index in [0.717, 1.165) is 19.6 Å². The van der Waals surface area contributed by atoms with Crippen LogP contribution in [-0.4, -0.2) is 110 Å². The molecule has 34 heavy (non-hydrogen) atoms. The number of nitrogens with zero attached hydrogens (tertiary/aromatic N) is 4. The highest BCUT2D eigenvalue weighted by molar-refractivity contribution is 7.86. The summed E-state index contributed by atoms with van der Waals surface area (Å²) in [5.74, 6) is -0.0502. The van der Waals surface area contributed by atoms with Gasteiger partial charge in [0.05, 0.1) is 24.4 Å². The van der Waals surface area contributed by atoms with Gasteiger partial charge in [-0.1, -0.05) is 12.1 Å². The Morgan fingerprint density at radius 1 is 0.794 bits per heavy atom. The van der Waals surface area contributed by atoms with Crippen LogP contribution in [0.1, 0.15) is 43.6 Å². The normalized spacial score (nSPS) is 30.4. The van der Waals surface area contributed by atoms with Gasteiger partial charge in [-0.3, -0.25) is 9.69 Å². The third kappa shape index (κ3) is 5.98. The van der Waals surface area contributed by atoms with Crippen LogP contribution in [0.3, 0.4) is 0 Å². The van der Waals surface area contributed by atoms with Crippen LogP contribution in [0.4, 0.5) is 0 Å². The first-order valence-electron chi connectivity index (χ1n) is 12.3. The number of benzene rings is 1. The summed E-state index contributed by atoms with van der Waals surface area (Å²) in [6.45, 7) is 12.7. The second kappa shape index (κ2) is 10.6. The van der Waals surface area contributed by atoms with Gasteiger partial charge in [-0.05, 0) is 45.4 Å². The number of ether oxygens (including phenoxy) is 2. The predicted molar refractivity (Wildman–Crippen MR) is 130 cm³/mol.